The molecule has 0 unspecified atom stereocenters. The Morgan fingerprint density at radius 1 is 1.64 bits per heavy atom. The summed E-state index contributed by atoms with van der Waals surface area (Å²) >= 11 is 1.44. The number of carboxylic acid groups (broad SMARTS) is 1. The van der Waals surface area contributed by atoms with Crippen LogP contribution in [0.5, 0.6) is 0 Å². The molecule has 0 aliphatic carbocycles. The summed E-state index contributed by atoms with van der Waals surface area (Å²) in [6.07, 6.45) is 0. The lowest BCUT2D eigenvalue weighted by Crippen LogP contribution is -1.95. The van der Waals surface area contributed by atoms with Crippen LogP contribution < -0.4 is 0 Å². The molecule has 1 N–H and O–H groups in total. The van der Waals surface area contributed by atoms with Gasteiger partial charge in [0.25, 0.3) is 0 Å². The Balaban J connectivity index is 2.58. The Bertz CT molecular complexity index is 458. The summed E-state index contributed by atoms with van der Waals surface area (Å²) in [5.74, 6) is -0.815. The number of carbonyl (C=O) groups is 1. The van der Waals surface area contributed by atoms with E-state index in [0.29, 0.717) is 11.6 Å². The van der Waals surface area contributed by atoms with Crippen LogP contribution in [0.15, 0.2) is 21.9 Å². The van der Waals surface area contributed by atoms with Crippen LogP contribution in [-0.4, -0.2) is 16.1 Å². The fraction of sp³-hybridized carbons (Fsp3) is 0.111. The van der Waals surface area contributed by atoms with Crippen molar-refractivity contribution < 1.29 is 14.3 Å². The minimum absolute atomic E-state index is 0.0926. The Morgan fingerprint density at radius 2 is 2.43 bits per heavy atom. The number of rotatable bonds is 2. The lowest BCUT2D eigenvalue weighted by atomic mass is 10.3. The molecule has 0 spiro atoms. The van der Waals surface area contributed by atoms with Crippen LogP contribution in [0, 0.1) is 6.92 Å². The van der Waals surface area contributed by atoms with Crippen molar-refractivity contribution in [3.8, 4) is 10.6 Å². The minimum atomic E-state index is -1.09. The number of aryl methyl sites for hydroxylation is 1. The van der Waals surface area contributed by atoms with Crippen molar-refractivity contribution >= 4 is 17.3 Å². The molecule has 0 fully saturated rings. The molecule has 0 aliphatic heterocycles. The largest absolute Gasteiger partial charge is 0.475 e. The van der Waals surface area contributed by atoms with Crippen molar-refractivity contribution in [2.24, 2.45) is 0 Å². The second kappa shape index (κ2) is 3.26. The Morgan fingerprint density at radius 3 is 3.00 bits per heavy atom. The monoisotopic (exact) mass is 209 g/mol. The number of carboxylic acids is 1. The predicted octanol–water partition coefficient (Wildman–Crippen LogP) is 2.41. The molecule has 5 heteroatoms. The summed E-state index contributed by atoms with van der Waals surface area (Å²) < 4.78 is 5.00. The van der Waals surface area contributed by atoms with Crippen molar-refractivity contribution in [1.29, 1.82) is 0 Å². The number of hydrogen-bond acceptors (Lipinski definition) is 4. The number of hydrogen-bond donors (Lipinski definition) is 1. The van der Waals surface area contributed by atoms with E-state index < -0.39 is 5.97 Å². The highest BCUT2D eigenvalue weighted by Crippen LogP contribution is 2.27. The van der Waals surface area contributed by atoms with Crippen molar-refractivity contribution in [3.63, 3.8) is 0 Å². The van der Waals surface area contributed by atoms with Gasteiger partial charge in [-0.05, 0) is 11.4 Å². The molecule has 72 valence electrons. The summed E-state index contributed by atoms with van der Waals surface area (Å²) in [6, 6.07) is 3.66. The first-order chi connectivity index (χ1) is 6.68. The van der Waals surface area contributed by atoms with Gasteiger partial charge in [0, 0.05) is 6.92 Å². The van der Waals surface area contributed by atoms with Crippen LogP contribution in [-0.2, 0) is 0 Å². The zero-order valence-electron chi connectivity index (χ0n) is 7.35. The average molecular weight is 209 g/mol. The number of aromatic carboxylic acids is 1. The molecule has 14 heavy (non-hydrogen) atoms. The smallest absolute Gasteiger partial charge is 0.374 e. The van der Waals surface area contributed by atoms with E-state index in [1.54, 1.807) is 6.92 Å². The van der Waals surface area contributed by atoms with Crippen molar-refractivity contribution in [1.82, 2.24) is 4.98 Å². The summed E-state index contributed by atoms with van der Waals surface area (Å²) in [6.45, 7) is 1.63. The highest BCUT2D eigenvalue weighted by Gasteiger charge is 2.19. The molecule has 0 saturated carbocycles. The van der Waals surface area contributed by atoms with E-state index in [4.69, 9.17) is 9.52 Å². The topological polar surface area (TPSA) is 63.3 Å². The molecule has 2 aromatic rings. The third kappa shape index (κ3) is 1.42. The molecule has 0 aliphatic rings. The van der Waals surface area contributed by atoms with E-state index in [1.807, 2.05) is 17.5 Å². The van der Waals surface area contributed by atoms with E-state index in [0.717, 1.165) is 4.88 Å². The third-order valence-corrected chi connectivity index (χ3v) is 2.56. The van der Waals surface area contributed by atoms with Gasteiger partial charge in [-0.2, -0.15) is 0 Å². The summed E-state index contributed by atoms with van der Waals surface area (Å²) in [5, 5.41) is 10.7. The number of thiophene rings is 1. The Labute approximate surface area is 83.8 Å². The first-order valence-corrected chi connectivity index (χ1v) is 4.81. The van der Waals surface area contributed by atoms with Crippen LogP contribution in [0.3, 0.4) is 0 Å². The van der Waals surface area contributed by atoms with Gasteiger partial charge in [-0.25, -0.2) is 9.78 Å². The quantitative estimate of drug-likeness (QED) is 0.824. The van der Waals surface area contributed by atoms with E-state index in [-0.39, 0.29) is 5.76 Å². The fourth-order valence-electron chi connectivity index (χ4n) is 1.15. The van der Waals surface area contributed by atoms with Gasteiger partial charge in [-0.15, -0.1) is 11.3 Å². The summed E-state index contributed by atoms with van der Waals surface area (Å²) in [5.41, 5.74) is 0.407. The second-order valence-electron chi connectivity index (χ2n) is 2.69. The molecule has 2 rings (SSSR count). The minimum Gasteiger partial charge on any atom is -0.475 e. The second-order valence-corrected chi connectivity index (χ2v) is 3.64. The SMILES string of the molecule is Cc1nc(-c2cccs2)c(C(=O)O)o1. The van der Waals surface area contributed by atoms with Gasteiger partial charge in [0.2, 0.25) is 5.76 Å². The highest BCUT2D eigenvalue weighted by atomic mass is 32.1. The van der Waals surface area contributed by atoms with Gasteiger partial charge < -0.3 is 9.52 Å². The van der Waals surface area contributed by atoms with E-state index in [1.165, 1.54) is 11.3 Å². The van der Waals surface area contributed by atoms with Crippen molar-refractivity contribution in [3.05, 3.63) is 29.2 Å². The molecular weight excluding hydrogens is 202 g/mol. The normalized spacial score (nSPS) is 10.4. The predicted molar refractivity (Wildman–Crippen MR) is 51.5 cm³/mol. The van der Waals surface area contributed by atoms with Crippen molar-refractivity contribution in [2.75, 3.05) is 0 Å². The van der Waals surface area contributed by atoms with E-state index in [9.17, 15) is 4.79 Å². The summed E-state index contributed by atoms with van der Waals surface area (Å²) in [4.78, 5) is 15.6. The maximum Gasteiger partial charge on any atom is 0.374 e. The summed E-state index contributed by atoms with van der Waals surface area (Å²) in [7, 11) is 0. The Hall–Kier alpha value is -1.62. The van der Waals surface area contributed by atoms with E-state index >= 15 is 0 Å². The van der Waals surface area contributed by atoms with Crippen LogP contribution in [0.1, 0.15) is 16.4 Å². The maximum atomic E-state index is 10.8. The zero-order chi connectivity index (χ0) is 10.1. The number of nitrogens with zero attached hydrogens (tertiary/aromatic N) is 1. The van der Waals surface area contributed by atoms with Crippen LogP contribution in [0.25, 0.3) is 10.6 Å². The van der Waals surface area contributed by atoms with Gasteiger partial charge >= 0.3 is 5.97 Å². The molecule has 4 nitrogen and oxygen atoms in total. The van der Waals surface area contributed by atoms with Gasteiger partial charge in [0.05, 0.1) is 4.88 Å². The first kappa shape index (κ1) is 8.96. The molecule has 0 saturated heterocycles. The fourth-order valence-corrected chi connectivity index (χ4v) is 1.86. The lowest BCUT2D eigenvalue weighted by Gasteiger charge is -1.90. The van der Waals surface area contributed by atoms with Crippen LogP contribution in [0.2, 0.25) is 0 Å². The molecule has 2 heterocycles. The van der Waals surface area contributed by atoms with Crippen molar-refractivity contribution in [2.45, 2.75) is 6.92 Å². The standard InChI is InChI=1S/C9H7NO3S/c1-5-10-7(6-3-2-4-14-6)8(13-5)9(11)12/h2-4H,1H3,(H,11,12). The van der Waals surface area contributed by atoms with Gasteiger partial charge in [0.1, 0.15) is 5.69 Å². The molecule has 0 radical (unpaired) electrons. The third-order valence-electron chi connectivity index (χ3n) is 1.68. The molecule has 0 amide bonds. The number of aromatic nitrogens is 1. The highest BCUT2D eigenvalue weighted by molar-refractivity contribution is 7.13. The van der Waals surface area contributed by atoms with Gasteiger partial charge in [0.15, 0.2) is 5.89 Å². The lowest BCUT2D eigenvalue weighted by molar-refractivity contribution is 0.0662. The molecule has 0 bridgehead atoms. The van der Waals surface area contributed by atoms with E-state index in [2.05, 4.69) is 4.98 Å². The zero-order valence-corrected chi connectivity index (χ0v) is 8.17. The molecular formula is C9H7NO3S. The molecule has 0 atom stereocenters. The van der Waals surface area contributed by atoms with Crippen LogP contribution in [0.4, 0.5) is 0 Å². The van der Waals surface area contributed by atoms with Gasteiger partial charge in [-0.3, -0.25) is 0 Å². The number of oxazole rings is 1. The maximum absolute atomic E-state index is 10.8. The first-order valence-electron chi connectivity index (χ1n) is 3.93. The molecule has 0 aromatic carbocycles. The van der Waals surface area contributed by atoms with Crippen LogP contribution >= 0.6 is 11.3 Å². The Kier molecular flexibility index (Phi) is 2.09. The molecule has 2 aromatic heterocycles. The average Bonchev–Trinajstić information content (AvgIpc) is 2.70. The van der Waals surface area contributed by atoms with Gasteiger partial charge in [-0.1, -0.05) is 6.07 Å².